The maximum Gasteiger partial charge on any atom is 0.440 e. The molecular formula is C29H28F3N3O5. The molecule has 40 heavy (non-hydrogen) atoms. The molecule has 0 amide bonds. The number of aromatic carboxylic acids is 1. The molecule has 1 aromatic heterocycles. The van der Waals surface area contributed by atoms with Gasteiger partial charge in [0.2, 0.25) is 0 Å². The van der Waals surface area contributed by atoms with Crippen LogP contribution in [-0.2, 0) is 28.7 Å². The summed E-state index contributed by atoms with van der Waals surface area (Å²) < 4.78 is 42.3. The Bertz CT molecular complexity index is 1480. The minimum Gasteiger partial charge on any atom is -0.477 e. The first kappa shape index (κ1) is 27.4. The molecule has 3 heterocycles. The lowest BCUT2D eigenvalue weighted by Gasteiger charge is -2.26. The Morgan fingerprint density at radius 2 is 1.77 bits per heavy atom. The van der Waals surface area contributed by atoms with E-state index in [1.807, 2.05) is 18.2 Å². The third-order valence-electron chi connectivity index (χ3n) is 7.88. The van der Waals surface area contributed by atoms with Crippen molar-refractivity contribution in [3.05, 3.63) is 87.7 Å². The van der Waals surface area contributed by atoms with Crippen molar-refractivity contribution in [2.75, 3.05) is 24.5 Å². The van der Waals surface area contributed by atoms with Crippen molar-refractivity contribution in [2.45, 2.75) is 38.4 Å². The summed E-state index contributed by atoms with van der Waals surface area (Å²) in [5.74, 6) is -3.88. The molecule has 2 aliphatic rings. The van der Waals surface area contributed by atoms with E-state index in [-0.39, 0.29) is 27.8 Å². The summed E-state index contributed by atoms with van der Waals surface area (Å²) in [5.41, 5.74) is -0.661. The molecule has 0 spiro atoms. The molecule has 3 aromatic rings. The molecule has 5 rings (SSSR count). The van der Waals surface area contributed by atoms with Crippen LogP contribution in [0.2, 0.25) is 0 Å². The van der Waals surface area contributed by atoms with Gasteiger partial charge in [-0.1, -0.05) is 49.4 Å². The number of likely N-dealkylation sites (tertiary alicyclic amines) is 1. The first-order valence-corrected chi connectivity index (χ1v) is 13.0. The number of carboxylic acid groups (broad SMARTS) is 1. The number of carbonyl (C=O) groups is 2. The number of halogens is 3. The summed E-state index contributed by atoms with van der Waals surface area (Å²) >= 11 is 0. The SMILES string of the molecule is CCc1cc(C(=O)O)c(=O)n(C(F)(F)C(=O)OF)c1-c1ccc(N2C[C@H]3CCN(Cc4ccccc4)[C@H]3C2)cc1. The van der Waals surface area contributed by atoms with Crippen LogP contribution < -0.4 is 10.5 Å². The van der Waals surface area contributed by atoms with Crippen LogP contribution >= 0.6 is 0 Å². The molecule has 2 saturated heterocycles. The van der Waals surface area contributed by atoms with Crippen molar-refractivity contribution >= 4 is 17.6 Å². The van der Waals surface area contributed by atoms with Gasteiger partial charge in [0.1, 0.15) is 5.56 Å². The zero-order valence-corrected chi connectivity index (χ0v) is 21.7. The van der Waals surface area contributed by atoms with Gasteiger partial charge in [-0.3, -0.25) is 9.69 Å². The Kier molecular flexibility index (Phi) is 7.41. The molecule has 2 aliphatic heterocycles. The fourth-order valence-corrected chi connectivity index (χ4v) is 5.92. The average Bonchev–Trinajstić information content (AvgIpc) is 3.54. The molecule has 2 aromatic carbocycles. The van der Waals surface area contributed by atoms with E-state index in [0.29, 0.717) is 12.0 Å². The highest BCUT2D eigenvalue weighted by molar-refractivity contribution is 5.89. The third-order valence-corrected chi connectivity index (χ3v) is 7.88. The number of rotatable bonds is 8. The molecule has 0 aliphatic carbocycles. The molecule has 0 saturated carbocycles. The van der Waals surface area contributed by atoms with Crippen molar-refractivity contribution < 1.29 is 32.9 Å². The Hall–Kier alpha value is -4.12. The molecular weight excluding hydrogens is 527 g/mol. The number of nitrogens with zero attached hydrogens (tertiary/aromatic N) is 3. The number of carboxylic acids is 1. The minimum atomic E-state index is -4.79. The van der Waals surface area contributed by atoms with E-state index in [0.717, 1.165) is 44.4 Å². The summed E-state index contributed by atoms with van der Waals surface area (Å²) in [6.45, 7) is 5.12. The molecule has 0 unspecified atom stereocenters. The van der Waals surface area contributed by atoms with Crippen LogP contribution in [0.5, 0.6) is 0 Å². The van der Waals surface area contributed by atoms with Gasteiger partial charge in [0.05, 0.1) is 5.69 Å². The summed E-state index contributed by atoms with van der Waals surface area (Å²) in [5, 5.41) is 9.40. The van der Waals surface area contributed by atoms with Gasteiger partial charge in [0.25, 0.3) is 5.56 Å². The number of benzene rings is 2. The molecule has 0 bridgehead atoms. The number of aromatic nitrogens is 1. The number of alkyl halides is 2. The van der Waals surface area contributed by atoms with Gasteiger partial charge in [0.15, 0.2) is 0 Å². The van der Waals surface area contributed by atoms with Gasteiger partial charge in [-0.05, 0) is 60.2 Å². The number of anilines is 1. The van der Waals surface area contributed by atoms with Crippen LogP contribution in [0, 0.1) is 5.92 Å². The highest BCUT2D eigenvalue weighted by Crippen LogP contribution is 2.37. The van der Waals surface area contributed by atoms with Crippen molar-refractivity contribution in [3.63, 3.8) is 0 Å². The molecule has 1 N–H and O–H groups in total. The zero-order chi connectivity index (χ0) is 28.6. The van der Waals surface area contributed by atoms with Crippen LogP contribution in [0.3, 0.4) is 0 Å². The molecule has 11 heteroatoms. The van der Waals surface area contributed by atoms with Gasteiger partial charge in [-0.15, -0.1) is 0 Å². The van der Waals surface area contributed by atoms with Crippen molar-refractivity contribution in [2.24, 2.45) is 5.92 Å². The lowest BCUT2D eigenvalue weighted by Crippen LogP contribution is -2.44. The molecule has 210 valence electrons. The highest BCUT2D eigenvalue weighted by Gasteiger charge is 2.48. The monoisotopic (exact) mass is 555 g/mol. The second kappa shape index (κ2) is 10.8. The molecule has 8 nitrogen and oxygen atoms in total. The van der Waals surface area contributed by atoms with Gasteiger partial charge in [0, 0.05) is 35.9 Å². The highest BCUT2D eigenvalue weighted by atomic mass is 19.3. The van der Waals surface area contributed by atoms with Gasteiger partial charge in [-0.25, -0.2) is 19.1 Å². The predicted octanol–water partition coefficient (Wildman–Crippen LogP) is 4.46. The zero-order valence-electron chi connectivity index (χ0n) is 21.7. The van der Waals surface area contributed by atoms with Gasteiger partial charge >= 0.3 is 18.0 Å². The standard InChI is InChI=1S/C29H28F3N3O5/c1-2-19-14-23(27(37)38)26(36)35(29(30,31)28(39)40-32)25(19)20-8-10-22(11-9-20)34-16-21-12-13-33(24(21)17-34)15-18-6-4-3-5-7-18/h3-11,14,21,24H,2,12-13,15-17H2,1H3,(H,37,38)/t21-,24+/m1/s1. The lowest BCUT2D eigenvalue weighted by atomic mass is 10.00. The quantitative estimate of drug-likeness (QED) is 0.439. The molecule has 0 radical (unpaired) electrons. The van der Waals surface area contributed by atoms with Crippen LogP contribution in [0.25, 0.3) is 11.3 Å². The third kappa shape index (κ3) is 4.85. The topological polar surface area (TPSA) is 92.1 Å². The van der Waals surface area contributed by atoms with E-state index in [1.54, 1.807) is 19.1 Å². The predicted molar refractivity (Wildman–Crippen MR) is 141 cm³/mol. The van der Waals surface area contributed by atoms with Crippen LogP contribution in [-0.4, -0.2) is 52.2 Å². The van der Waals surface area contributed by atoms with Crippen LogP contribution in [0.1, 0.15) is 34.8 Å². The van der Waals surface area contributed by atoms with E-state index in [1.165, 1.54) is 17.7 Å². The van der Waals surface area contributed by atoms with Gasteiger partial charge in [-0.2, -0.15) is 8.78 Å². The van der Waals surface area contributed by atoms with Crippen LogP contribution in [0.15, 0.2) is 65.5 Å². The molecule has 2 fully saturated rings. The van der Waals surface area contributed by atoms with E-state index in [2.05, 4.69) is 26.9 Å². The summed E-state index contributed by atoms with van der Waals surface area (Å²) in [6, 6.07) is 13.4. The van der Waals surface area contributed by atoms with Crippen molar-refractivity contribution in [1.82, 2.24) is 9.47 Å². The Balaban J connectivity index is 1.46. The lowest BCUT2D eigenvalue weighted by molar-refractivity contribution is -0.226. The Morgan fingerprint density at radius 1 is 1.07 bits per heavy atom. The average molecular weight is 556 g/mol. The largest absolute Gasteiger partial charge is 0.477 e. The first-order valence-electron chi connectivity index (χ1n) is 13.0. The number of carbonyl (C=O) groups excluding carboxylic acids is 1. The van der Waals surface area contributed by atoms with E-state index in [9.17, 15) is 24.0 Å². The summed E-state index contributed by atoms with van der Waals surface area (Å²) in [6.07, 6.45) is 1.14. The number of hydrogen-bond donors (Lipinski definition) is 1. The van der Waals surface area contributed by atoms with Crippen molar-refractivity contribution in [3.8, 4) is 11.3 Å². The maximum absolute atomic E-state index is 15.0. The smallest absolute Gasteiger partial charge is 0.440 e. The van der Waals surface area contributed by atoms with E-state index in [4.69, 9.17) is 0 Å². The number of hydrogen-bond acceptors (Lipinski definition) is 6. The number of aryl methyl sites for hydroxylation is 1. The van der Waals surface area contributed by atoms with Gasteiger partial charge < -0.3 is 10.0 Å². The van der Waals surface area contributed by atoms with E-state index < -0.39 is 29.1 Å². The second-order valence-corrected chi connectivity index (χ2v) is 10.2. The number of pyridine rings is 1. The number of fused-ring (bicyclic) bond motifs is 1. The molecule has 2 atom stereocenters. The fraction of sp³-hybridized carbons (Fsp3) is 0.345. The fourth-order valence-electron chi connectivity index (χ4n) is 5.92. The van der Waals surface area contributed by atoms with Crippen molar-refractivity contribution in [1.29, 1.82) is 0 Å². The normalized spacial score (nSPS) is 19.1. The summed E-state index contributed by atoms with van der Waals surface area (Å²) in [7, 11) is 0. The minimum absolute atomic E-state index is 0.0606. The Labute approximate surface area is 228 Å². The van der Waals surface area contributed by atoms with Crippen LogP contribution in [0.4, 0.5) is 19.0 Å². The van der Waals surface area contributed by atoms with E-state index >= 15 is 8.78 Å². The maximum atomic E-state index is 15.0. The first-order chi connectivity index (χ1) is 19.1. The Morgan fingerprint density at radius 3 is 2.40 bits per heavy atom. The second-order valence-electron chi connectivity index (χ2n) is 10.2. The summed E-state index contributed by atoms with van der Waals surface area (Å²) in [4.78, 5) is 43.6.